The first kappa shape index (κ1) is 26.0. The highest BCUT2D eigenvalue weighted by Crippen LogP contribution is 2.27. The van der Waals surface area contributed by atoms with Crippen LogP contribution in [0.2, 0.25) is 5.02 Å². The summed E-state index contributed by atoms with van der Waals surface area (Å²) in [7, 11) is 0. The number of aliphatic carboxylic acids is 1. The molecule has 2 aromatic heterocycles. The van der Waals surface area contributed by atoms with Gasteiger partial charge in [0.05, 0.1) is 17.0 Å². The number of hydrogen-bond donors (Lipinski definition) is 2. The molecule has 0 bridgehead atoms. The molecule has 1 amide bonds. The second-order valence-corrected chi connectivity index (χ2v) is 9.71. The van der Waals surface area contributed by atoms with E-state index in [1.54, 1.807) is 49.9 Å². The molecule has 37 heavy (non-hydrogen) atoms. The summed E-state index contributed by atoms with van der Waals surface area (Å²) in [6.07, 6.45) is 1.90. The van der Waals surface area contributed by atoms with Crippen molar-refractivity contribution in [2.24, 2.45) is 5.92 Å². The van der Waals surface area contributed by atoms with Gasteiger partial charge >= 0.3 is 12.1 Å². The summed E-state index contributed by atoms with van der Waals surface area (Å²) in [5.74, 6) is -1.91. The number of amides is 1. The number of carbonyl (C=O) groups excluding carboxylic acids is 1. The second kappa shape index (κ2) is 10.5. The lowest BCUT2D eigenvalue weighted by molar-refractivity contribution is -0.141. The smallest absolute Gasteiger partial charge is 0.407 e. The first-order chi connectivity index (χ1) is 17.5. The number of carboxylic acids is 1. The summed E-state index contributed by atoms with van der Waals surface area (Å²) in [5.41, 5.74) is -0.0949. The van der Waals surface area contributed by atoms with Crippen LogP contribution in [0.3, 0.4) is 0 Å². The van der Waals surface area contributed by atoms with E-state index in [2.05, 4.69) is 25.3 Å². The molecule has 0 aliphatic carbocycles. The van der Waals surface area contributed by atoms with E-state index < -0.39 is 35.4 Å². The molecular formula is C24H24ClFN6O5. The molecule has 3 heterocycles. The number of alkyl carbamates (subject to hydrolysis) is 1. The lowest BCUT2D eigenvalue weighted by Gasteiger charge is -2.23. The molecule has 1 fully saturated rings. The number of aromatic nitrogens is 4. The minimum atomic E-state index is -1.06. The van der Waals surface area contributed by atoms with Crippen molar-refractivity contribution in [2.75, 3.05) is 18.0 Å². The monoisotopic (exact) mass is 530 g/mol. The molecule has 0 unspecified atom stereocenters. The molecular weight excluding hydrogens is 507 g/mol. The molecule has 11 nitrogen and oxygen atoms in total. The van der Waals surface area contributed by atoms with Crippen LogP contribution in [0.4, 0.5) is 15.1 Å². The number of nitrogens with zero attached hydrogens (tertiary/aromatic N) is 5. The molecule has 1 aliphatic heterocycles. The maximum atomic E-state index is 13.9. The number of halogens is 2. The van der Waals surface area contributed by atoms with Crippen LogP contribution in [0.25, 0.3) is 11.4 Å². The molecule has 0 saturated carbocycles. The summed E-state index contributed by atoms with van der Waals surface area (Å²) >= 11 is 5.71. The van der Waals surface area contributed by atoms with Crippen molar-refractivity contribution in [1.29, 1.82) is 0 Å². The third kappa shape index (κ3) is 6.58. The van der Waals surface area contributed by atoms with Gasteiger partial charge in [-0.15, -0.1) is 0 Å². The van der Waals surface area contributed by atoms with Crippen molar-refractivity contribution in [3.63, 3.8) is 0 Å². The largest absolute Gasteiger partial charge is 0.481 e. The highest BCUT2D eigenvalue weighted by Gasteiger charge is 2.40. The van der Waals surface area contributed by atoms with Gasteiger partial charge in [-0.05, 0) is 51.1 Å². The Bertz CT molecular complexity index is 1300. The van der Waals surface area contributed by atoms with E-state index in [0.717, 1.165) is 6.07 Å². The quantitative estimate of drug-likeness (QED) is 0.481. The van der Waals surface area contributed by atoms with E-state index in [0.29, 0.717) is 17.1 Å². The van der Waals surface area contributed by atoms with Crippen LogP contribution in [0, 0.1) is 11.7 Å². The highest BCUT2D eigenvalue weighted by atomic mass is 35.5. The van der Waals surface area contributed by atoms with Crippen molar-refractivity contribution < 1.29 is 28.6 Å². The number of ether oxygens (including phenoxy) is 2. The Morgan fingerprint density at radius 2 is 1.89 bits per heavy atom. The minimum Gasteiger partial charge on any atom is -0.481 e. The van der Waals surface area contributed by atoms with Crippen molar-refractivity contribution in [2.45, 2.75) is 32.4 Å². The van der Waals surface area contributed by atoms with E-state index in [1.165, 1.54) is 12.5 Å². The van der Waals surface area contributed by atoms with Crippen LogP contribution in [0.1, 0.15) is 20.8 Å². The second-order valence-electron chi connectivity index (χ2n) is 9.28. The average Bonchev–Trinajstić information content (AvgIpc) is 3.24. The zero-order valence-corrected chi connectivity index (χ0v) is 20.9. The van der Waals surface area contributed by atoms with Gasteiger partial charge in [-0.2, -0.15) is 4.98 Å². The summed E-state index contributed by atoms with van der Waals surface area (Å²) in [5, 5.41) is 12.5. The van der Waals surface area contributed by atoms with E-state index in [1.807, 2.05) is 0 Å². The summed E-state index contributed by atoms with van der Waals surface area (Å²) in [6.45, 7) is 5.43. The van der Waals surface area contributed by atoms with Gasteiger partial charge in [0, 0.05) is 24.8 Å². The molecule has 3 aromatic rings. The molecule has 2 atom stereocenters. The molecule has 0 spiro atoms. The Hall–Kier alpha value is -4.06. The summed E-state index contributed by atoms with van der Waals surface area (Å²) < 4.78 is 24.7. The first-order valence-electron chi connectivity index (χ1n) is 11.2. The van der Waals surface area contributed by atoms with Gasteiger partial charge in [-0.25, -0.2) is 24.1 Å². The Kier molecular flexibility index (Phi) is 7.39. The van der Waals surface area contributed by atoms with Crippen molar-refractivity contribution in [3.05, 3.63) is 53.7 Å². The van der Waals surface area contributed by atoms with Crippen molar-refractivity contribution in [3.8, 4) is 23.0 Å². The van der Waals surface area contributed by atoms with Crippen LogP contribution in [-0.4, -0.2) is 61.8 Å². The van der Waals surface area contributed by atoms with Crippen LogP contribution in [-0.2, 0) is 9.53 Å². The zero-order valence-electron chi connectivity index (χ0n) is 20.2. The van der Waals surface area contributed by atoms with Gasteiger partial charge in [0.15, 0.2) is 11.6 Å². The van der Waals surface area contributed by atoms with Crippen LogP contribution >= 0.6 is 11.6 Å². The predicted octanol–water partition coefficient (Wildman–Crippen LogP) is 3.93. The molecule has 2 N–H and O–H groups in total. The topological polar surface area (TPSA) is 140 Å². The molecule has 194 valence electrons. The Morgan fingerprint density at radius 1 is 1.16 bits per heavy atom. The lowest BCUT2D eigenvalue weighted by atomic mass is 10.0. The fourth-order valence-electron chi connectivity index (χ4n) is 3.66. The van der Waals surface area contributed by atoms with Crippen LogP contribution in [0.15, 0.2) is 42.9 Å². The molecule has 4 rings (SSSR count). The highest BCUT2D eigenvalue weighted by molar-refractivity contribution is 6.30. The van der Waals surface area contributed by atoms with E-state index in [4.69, 9.17) is 21.1 Å². The Morgan fingerprint density at radius 3 is 2.54 bits per heavy atom. The predicted molar refractivity (Wildman–Crippen MR) is 131 cm³/mol. The van der Waals surface area contributed by atoms with Gasteiger partial charge in [-0.1, -0.05) is 11.6 Å². The van der Waals surface area contributed by atoms with E-state index in [-0.39, 0.29) is 29.9 Å². The maximum Gasteiger partial charge on any atom is 0.407 e. The van der Waals surface area contributed by atoms with Gasteiger partial charge in [0.25, 0.3) is 5.88 Å². The number of nitrogens with one attached hydrogen (secondary N) is 1. The van der Waals surface area contributed by atoms with Crippen molar-refractivity contribution in [1.82, 2.24) is 25.3 Å². The number of carboxylic acid groups (broad SMARTS) is 1. The molecule has 0 radical (unpaired) electrons. The summed E-state index contributed by atoms with van der Waals surface area (Å²) in [4.78, 5) is 42.4. The third-order valence-electron chi connectivity index (χ3n) is 5.28. The lowest BCUT2D eigenvalue weighted by Crippen LogP contribution is -2.45. The fraction of sp³-hybridized carbons (Fsp3) is 0.333. The zero-order chi connectivity index (χ0) is 26.7. The molecule has 1 saturated heterocycles. The van der Waals surface area contributed by atoms with E-state index in [9.17, 15) is 19.1 Å². The standard InChI is InChI=1S/C24H24ClFN6O5/c1-24(2,3)37-23(35)30-18-11-32(10-16(18)21(33)34)22-29-12-28-19(31-22)13-4-6-15(7-5-13)36-20-17(26)8-14(25)9-27-20/h4-9,12,16,18H,10-11H2,1-3H3,(H,30,35)(H,33,34)/t16-,18+/m1/s1. The number of rotatable bonds is 6. The SMILES string of the molecule is CC(C)(C)OC(=O)N[C@H]1CN(c2ncnc(-c3ccc(Oc4ncc(Cl)cc4F)cc3)n2)C[C@H]1C(=O)O. The molecule has 1 aliphatic rings. The number of hydrogen-bond acceptors (Lipinski definition) is 9. The number of anilines is 1. The van der Waals surface area contributed by atoms with Gasteiger partial charge < -0.3 is 24.8 Å². The average molecular weight is 531 g/mol. The maximum absolute atomic E-state index is 13.9. The minimum absolute atomic E-state index is 0.0890. The number of benzene rings is 1. The number of carbonyl (C=O) groups is 2. The van der Waals surface area contributed by atoms with Crippen molar-refractivity contribution >= 4 is 29.6 Å². The normalized spacial score (nSPS) is 17.4. The van der Waals surface area contributed by atoms with Gasteiger partial charge in [0.1, 0.15) is 17.7 Å². The Labute approximate surface area is 216 Å². The molecule has 1 aromatic carbocycles. The van der Waals surface area contributed by atoms with Gasteiger partial charge in [0.2, 0.25) is 5.95 Å². The molecule has 13 heteroatoms. The Balaban J connectivity index is 1.47. The fourth-order valence-corrected chi connectivity index (χ4v) is 3.81. The first-order valence-corrected chi connectivity index (χ1v) is 11.6. The number of pyridine rings is 1. The van der Waals surface area contributed by atoms with E-state index >= 15 is 0 Å². The van der Waals surface area contributed by atoms with Crippen LogP contribution < -0.4 is 15.0 Å². The third-order valence-corrected chi connectivity index (χ3v) is 5.49. The summed E-state index contributed by atoms with van der Waals surface area (Å²) in [6, 6.07) is 6.96. The van der Waals surface area contributed by atoms with Gasteiger partial charge in [-0.3, -0.25) is 4.79 Å². The van der Waals surface area contributed by atoms with Crippen LogP contribution in [0.5, 0.6) is 11.6 Å².